The molecule has 5 heteroatoms. The SMILES string of the molecule is c1ccc(-c2ccc(N(c3ccc(-c4cccc(-c5ccc(-c6ccc(N(c7ccc(-c8ccccc8)cc7)c7ccc8c9ccccc9n(-c9cc(-c%10ccccc%10)cc(-c%10ccccc%10)c9)c8c7)cc6)cc5)c4)cc3)c3ccc4c5ccccc5n(-c5cccnc5)c4c3)cc2)cc1. The third kappa shape index (κ3) is 11.1. The van der Waals surface area contributed by atoms with E-state index in [4.69, 9.17) is 0 Å². The standard InChI is InChI=1S/C95H65N5/c1-5-19-66(20-6-1)71-38-46-80(47-39-71)97(85-55-57-91-89-31-14-16-33-93(89)100(95(91)64-85)87-61-78(68-23-9-3-10-24-68)60-79(62-87)69-25-11-4-12-26-69)82-50-42-73(43-51-82)70-34-36-74(37-35-70)76-27-17-28-77(59-76)75-44-52-83(53-45-75)98(81-48-40-72(41-49-81)67-21-7-2-8-22-67)84-54-56-90-88-30-13-15-32-92(88)99(94(90)63-84)86-29-18-58-96-65-86/h1-65H. The Morgan fingerprint density at radius 2 is 0.470 bits per heavy atom. The van der Waals surface area contributed by atoms with Gasteiger partial charge in [0.15, 0.2) is 0 Å². The highest BCUT2D eigenvalue weighted by atomic mass is 15.2. The van der Waals surface area contributed by atoms with E-state index in [1.54, 1.807) is 0 Å². The Morgan fingerprint density at radius 3 is 0.850 bits per heavy atom. The number of rotatable bonds is 15. The molecule has 0 radical (unpaired) electrons. The first-order chi connectivity index (χ1) is 49.6. The zero-order valence-electron chi connectivity index (χ0n) is 54.8. The van der Waals surface area contributed by atoms with Gasteiger partial charge in [-0.3, -0.25) is 4.98 Å². The summed E-state index contributed by atoms with van der Waals surface area (Å²) in [5.41, 5.74) is 29.4. The maximum absolute atomic E-state index is 4.54. The number of benzene rings is 15. The second kappa shape index (κ2) is 25.7. The van der Waals surface area contributed by atoms with Crippen molar-refractivity contribution in [2.75, 3.05) is 9.80 Å². The maximum atomic E-state index is 4.54. The van der Waals surface area contributed by atoms with Crippen molar-refractivity contribution in [3.8, 4) is 89.3 Å². The van der Waals surface area contributed by atoms with Gasteiger partial charge in [-0.2, -0.15) is 0 Å². The second-order valence-electron chi connectivity index (χ2n) is 25.6. The molecule has 470 valence electrons. The van der Waals surface area contributed by atoms with E-state index in [1.165, 1.54) is 66.1 Å². The minimum Gasteiger partial charge on any atom is -0.310 e. The van der Waals surface area contributed by atoms with E-state index in [-0.39, 0.29) is 0 Å². The van der Waals surface area contributed by atoms with E-state index in [2.05, 4.69) is 400 Å². The van der Waals surface area contributed by atoms with Crippen molar-refractivity contribution in [2.45, 2.75) is 0 Å². The van der Waals surface area contributed by atoms with Crippen LogP contribution in [0.2, 0.25) is 0 Å². The molecule has 0 bridgehead atoms. The van der Waals surface area contributed by atoms with Gasteiger partial charge in [-0.05, 0) is 199 Å². The fraction of sp³-hybridized carbons (Fsp3) is 0. The van der Waals surface area contributed by atoms with Crippen molar-refractivity contribution in [2.24, 2.45) is 0 Å². The van der Waals surface area contributed by atoms with Crippen LogP contribution in [0.3, 0.4) is 0 Å². The van der Waals surface area contributed by atoms with Crippen LogP contribution in [0.4, 0.5) is 34.1 Å². The molecule has 0 aliphatic rings. The molecule has 3 heterocycles. The molecule has 0 aliphatic heterocycles. The lowest BCUT2D eigenvalue weighted by Gasteiger charge is -2.26. The van der Waals surface area contributed by atoms with Crippen LogP contribution in [0.15, 0.2) is 395 Å². The molecule has 18 aromatic rings. The van der Waals surface area contributed by atoms with E-state index in [1.807, 2.05) is 18.5 Å². The third-order valence-corrected chi connectivity index (χ3v) is 19.6. The highest BCUT2D eigenvalue weighted by molar-refractivity contribution is 6.12. The van der Waals surface area contributed by atoms with Crippen LogP contribution in [-0.2, 0) is 0 Å². The van der Waals surface area contributed by atoms with Gasteiger partial charge in [-0.15, -0.1) is 0 Å². The Bertz CT molecular complexity index is 5890. The highest BCUT2D eigenvalue weighted by Crippen LogP contribution is 2.45. The zero-order chi connectivity index (χ0) is 66.3. The molecule has 5 nitrogen and oxygen atoms in total. The summed E-state index contributed by atoms with van der Waals surface area (Å²) in [4.78, 5) is 9.30. The topological polar surface area (TPSA) is 29.2 Å². The lowest BCUT2D eigenvalue weighted by atomic mass is 9.97. The summed E-state index contributed by atoms with van der Waals surface area (Å²) in [6, 6.07) is 139. The number of hydrogen-bond donors (Lipinski definition) is 0. The summed E-state index contributed by atoms with van der Waals surface area (Å²) in [6.07, 6.45) is 3.77. The predicted octanol–water partition coefficient (Wildman–Crippen LogP) is 25.9. The van der Waals surface area contributed by atoms with Gasteiger partial charge in [0.25, 0.3) is 0 Å². The number of nitrogens with zero attached hydrogens (tertiary/aromatic N) is 5. The molecule has 0 saturated heterocycles. The smallest absolute Gasteiger partial charge is 0.0645 e. The van der Waals surface area contributed by atoms with Gasteiger partial charge < -0.3 is 18.9 Å². The first-order valence-corrected chi connectivity index (χ1v) is 34.1. The van der Waals surface area contributed by atoms with E-state index in [0.29, 0.717) is 0 Å². The number of anilines is 6. The first kappa shape index (κ1) is 59.2. The summed E-state index contributed by atoms with van der Waals surface area (Å²) in [6.45, 7) is 0. The van der Waals surface area contributed by atoms with E-state index in [0.717, 1.165) is 101 Å². The highest BCUT2D eigenvalue weighted by Gasteiger charge is 2.22. The molecule has 3 aromatic heterocycles. The molecule has 0 fully saturated rings. The lowest BCUT2D eigenvalue weighted by Crippen LogP contribution is -2.10. The minimum atomic E-state index is 1.02. The molecule has 0 N–H and O–H groups in total. The van der Waals surface area contributed by atoms with Crippen molar-refractivity contribution < 1.29 is 0 Å². The van der Waals surface area contributed by atoms with Crippen molar-refractivity contribution in [3.05, 3.63) is 395 Å². The fourth-order valence-electron chi connectivity index (χ4n) is 14.7. The quantitative estimate of drug-likeness (QED) is 0.102. The van der Waals surface area contributed by atoms with E-state index < -0.39 is 0 Å². The Hall–Kier alpha value is -13.4. The molecule has 0 atom stereocenters. The number of aromatic nitrogens is 3. The summed E-state index contributed by atoms with van der Waals surface area (Å²) < 4.78 is 4.79. The number of pyridine rings is 1. The predicted molar refractivity (Wildman–Crippen MR) is 420 cm³/mol. The molecule has 100 heavy (non-hydrogen) atoms. The normalized spacial score (nSPS) is 11.4. The minimum absolute atomic E-state index is 1.02. The van der Waals surface area contributed by atoms with Crippen molar-refractivity contribution in [1.82, 2.24) is 14.1 Å². The Morgan fingerprint density at radius 1 is 0.180 bits per heavy atom. The van der Waals surface area contributed by atoms with Gasteiger partial charge in [-0.25, -0.2) is 0 Å². The lowest BCUT2D eigenvalue weighted by molar-refractivity contribution is 1.14. The number of para-hydroxylation sites is 2. The summed E-state index contributed by atoms with van der Waals surface area (Å²) in [7, 11) is 0. The zero-order valence-corrected chi connectivity index (χ0v) is 54.8. The number of hydrogen-bond acceptors (Lipinski definition) is 3. The monoisotopic (exact) mass is 1280 g/mol. The average Bonchev–Trinajstić information content (AvgIpc) is 1.57. The van der Waals surface area contributed by atoms with Crippen LogP contribution in [0, 0.1) is 0 Å². The molecular formula is C95H65N5. The van der Waals surface area contributed by atoms with E-state index >= 15 is 0 Å². The van der Waals surface area contributed by atoms with Gasteiger partial charge in [-0.1, -0.05) is 261 Å². The average molecular weight is 1280 g/mol. The Labute approximate surface area is 581 Å². The molecule has 0 aliphatic carbocycles. The molecule has 0 unspecified atom stereocenters. The fourth-order valence-corrected chi connectivity index (χ4v) is 14.7. The van der Waals surface area contributed by atoms with Crippen LogP contribution in [0.25, 0.3) is 133 Å². The van der Waals surface area contributed by atoms with Crippen LogP contribution in [-0.4, -0.2) is 14.1 Å². The second-order valence-corrected chi connectivity index (χ2v) is 25.6. The van der Waals surface area contributed by atoms with Crippen LogP contribution >= 0.6 is 0 Å². The van der Waals surface area contributed by atoms with Gasteiger partial charge in [0, 0.05) is 67.6 Å². The van der Waals surface area contributed by atoms with Crippen LogP contribution in [0.5, 0.6) is 0 Å². The van der Waals surface area contributed by atoms with Gasteiger partial charge in [0.1, 0.15) is 0 Å². The van der Waals surface area contributed by atoms with Crippen molar-refractivity contribution in [1.29, 1.82) is 0 Å². The molecule has 0 spiro atoms. The molecule has 15 aromatic carbocycles. The molecular weight excluding hydrogens is 1210 g/mol. The Kier molecular flexibility index (Phi) is 15.2. The maximum Gasteiger partial charge on any atom is 0.0645 e. The molecule has 0 amide bonds. The summed E-state index contributed by atoms with van der Waals surface area (Å²) in [5, 5.41) is 4.80. The first-order valence-electron chi connectivity index (χ1n) is 34.1. The number of fused-ring (bicyclic) bond motifs is 6. The largest absolute Gasteiger partial charge is 0.310 e. The van der Waals surface area contributed by atoms with Crippen LogP contribution < -0.4 is 9.80 Å². The van der Waals surface area contributed by atoms with E-state index in [9.17, 15) is 0 Å². The molecule has 18 rings (SSSR count). The van der Waals surface area contributed by atoms with Gasteiger partial charge in [0.05, 0.1) is 34.0 Å². The molecule has 0 saturated carbocycles. The van der Waals surface area contributed by atoms with Crippen LogP contribution in [0.1, 0.15) is 0 Å². The Balaban J connectivity index is 0.663. The summed E-state index contributed by atoms with van der Waals surface area (Å²) >= 11 is 0. The van der Waals surface area contributed by atoms with Gasteiger partial charge in [0.2, 0.25) is 0 Å². The van der Waals surface area contributed by atoms with Crippen molar-refractivity contribution in [3.63, 3.8) is 0 Å². The van der Waals surface area contributed by atoms with Gasteiger partial charge >= 0.3 is 0 Å². The van der Waals surface area contributed by atoms with Crippen molar-refractivity contribution >= 4 is 77.7 Å². The third-order valence-electron chi connectivity index (χ3n) is 19.6. The summed E-state index contributed by atoms with van der Waals surface area (Å²) in [5.74, 6) is 0.